The van der Waals surface area contributed by atoms with Gasteiger partial charge in [0.25, 0.3) is 0 Å². The molecule has 0 saturated heterocycles. The molecule has 1 unspecified atom stereocenters. The predicted molar refractivity (Wildman–Crippen MR) is 94.5 cm³/mol. The van der Waals surface area contributed by atoms with Crippen LogP contribution < -0.4 is 4.74 Å². The van der Waals surface area contributed by atoms with Crippen molar-refractivity contribution in [2.24, 2.45) is 5.41 Å². The Morgan fingerprint density at radius 1 is 1.30 bits per heavy atom. The Labute approximate surface area is 142 Å². The van der Waals surface area contributed by atoms with Gasteiger partial charge in [-0.1, -0.05) is 38.4 Å². The fourth-order valence-corrected chi connectivity index (χ4v) is 2.30. The molecule has 122 valence electrons. The molecule has 0 saturated carbocycles. The van der Waals surface area contributed by atoms with Crippen LogP contribution in [-0.4, -0.2) is 16.2 Å². The lowest BCUT2D eigenvalue weighted by Crippen LogP contribution is -2.30. The summed E-state index contributed by atoms with van der Waals surface area (Å²) < 4.78 is 6.02. The Hall–Kier alpha value is -1.84. The number of pyridine rings is 1. The van der Waals surface area contributed by atoms with Gasteiger partial charge in [-0.3, -0.25) is 4.98 Å². The molecule has 0 spiro atoms. The number of hydrogen-bond donors (Lipinski definition) is 1. The third-order valence-corrected chi connectivity index (χ3v) is 3.68. The van der Waals surface area contributed by atoms with Crippen LogP contribution in [0.15, 0.2) is 48.5 Å². The lowest BCUT2D eigenvalue weighted by atomic mass is 9.87. The van der Waals surface area contributed by atoms with Crippen LogP contribution in [0, 0.1) is 12.3 Å². The van der Waals surface area contributed by atoms with Gasteiger partial charge in [-0.25, -0.2) is 0 Å². The minimum absolute atomic E-state index is 0.353. The first-order valence-electron chi connectivity index (χ1n) is 7.51. The van der Waals surface area contributed by atoms with Crippen LogP contribution in [0.1, 0.15) is 31.9 Å². The lowest BCUT2D eigenvalue weighted by molar-refractivity contribution is 0.0640. The van der Waals surface area contributed by atoms with Crippen molar-refractivity contribution in [2.75, 3.05) is 0 Å². The minimum atomic E-state index is -0.752. The van der Waals surface area contributed by atoms with Crippen molar-refractivity contribution < 1.29 is 9.84 Å². The topological polar surface area (TPSA) is 42.4 Å². The van der Waals surface area contributed by atoms with Crippen LogP contribution in [0.25, 0.3) is 6.08 Å². The van der Waals surface area contributed by atoms with E-state index >= 15 is 0 Å². The molecular formula is C19H22ClNO2. The number of aliphatic hydroxyl groups is 1. The van der Waals surface area contributed by atoms with Crippen LogP contribution in [0.3, 0.4) is 0 Å². The van der Waals surface area contributed by atoms with Gasteiger partial charge in [0.1, 0.15) is 17.6 Å². The van der Waals surface area contributed by atoms with Crippen LogP contribution in [0.5, 0.6) is 5.75 Å². The van der Waals surface area contributed by atoms with E-state index in [1.807, 2.05) is 58.0 Å². The number of nitrogens with zero attached hydrogens (tertiary/aromatic N) is 1. The molecule has 1 aromatic carbocycles. The second-order valence-electron chi connectivity index (χ2n) is 6.61. The molecule has 0 fully saturated rings. The molecule has 2 rings (SSSR count). The van der Waals surface area contributed by atoms with Gasteiger partial charge in [0.05, 0.1) is 0 Å². The Morgan fingerprint density at radius 3 is 2.61 bits per heavy atom. The maximum absolute atomic E-state index is 10.7. The van der Waals surface area contributed by atoms with Gasteiger partial charge in [0, 0.05) is 17.4 Å². The van der Waals surface area contributed by atoms with Crippen LogP contribution in [0.4, 0.5) is 0 Å². The maximum Gasteiger partial charge on any atom is 0.134 e. The van der Waals surface area contributed by atoms with E-state index in [-0.39, 0.29) is 5.41 Å². The number of aliphatic hydroxyl groups excluding tert-OH is 1. The Balaban J connectivity index is 2.39. The zero-order valence-electron chi connectivity index (χ0n) is 13.9. The van der Waals surface area contributed by atoms with E-state index in [2.05, 4.69) is 4.98 Å². The van der Waals surface area contributed by atoms with E-state index in [4.69, 9.17) is 16.3 Å². The second-order valence-corrected chi connectivity index (χ2v) is 7.05. The summed E-state index contributed by atoms with van der Waals surface area (Å²) in [6, 6.07) is 9.18. The van der Waals surface area contributed by atoms with Gasteiger partial charge in [-0.2, -0.15) is 0 Å². The summed E-state index contributed by atoms with van der Waals surface area (Å²) in [6.45, 7) is 7.82. The summed E-state index contributed by atoms with van der Waals surface area (Å²) in [4.78, 5) is 4.10. The Bertz CT molecular complexity index is 690. The smallest absolute Gasteiger partial charge is 0.134 e. The number of aromatic nitrogens is 1. The van der Waals surface area contributed by atoms with E-state index in [1.165, 1.54) is 0 Å². The van der Waals surface area contributed by atoms with Crippen molar-refractivity contribution in [3.8, 4) is 5.75 Å². The third-order valence-electron chi connectivity index (χ3n) is 3.45. The summed E-state index contributed by atoms with van der Waals surface area (Å²) in [6.07, 6.45) is 4.50. The average molecular weight is 332 g/mol. The monoisotopic (exact) mass is 331 g/mol. The summed E-state index contributed by atoms with van der Waals surface area (Å²) in [7, 11) is 0. The molecule has 1 N–H and O–H groups in total. The van der Waals surface area contributed by atoms with Gasteiger partial charge >= 0.3 is 0 Å². The molecule has 23 heavy (non-hydrogen) atoms. The molecular weight excluding hydrogens is 310 g/mol. The Kier molecular flexibility index (Phi) is 5.45. The van der Waals surface area contributed by atoms with Gasteiger partial charge in [-0.05, 0) is 53.8 Å². The molecule has 1 aromatic heterocycles. The number of benzene rings is 1. The largest absolute Gasteiger partial charge is 0.459 e. The zero-order chi connectivity index (χ0) is 17.0. The lowest BCUT2D eigenvalue weighted by Gasteiger charge is -2.28. The molecule has 0 aliphatic carbocycles. The molecule has 3 nitrogen and oxygen atoms in total. The standard InChI is InChI=1S/C19H22ClNO2/c1-13-10-15(20)7-8-16(13)23-17(18(22)19(2,3)4)11-14-6-5-9-21-12-14/h5-12,18,22H,1-4H3. The van der Waals surface area contributed by atoms with Crippen LogP contribution >= 0.6 is 11.6 Å². The highest BCUT2D eigenvalue weighted by Crippen LogP contribution is 2.30. The quantitative estimate of drug-likeness (QED) is 0.813. The molecule has 1 heterocycles. The third kappa shape index (κ3) is 4.81. The molecule has 0 aliphatic heterocycles. The second kappa shape index (κ2) is 7.16. The SMILES string of the molecule is Cc1cc(Cl)ccc1OC(=Cc1cccnc1)C(O)C(C)(C)C. The van der Waals surface area contributed by atoms with Crippen molar-refractivity contribution in [1.29, 1.82) is 0 Å². The van der Waals surface area contributed by atoms with Crippen LogP contribution in [-0.2, 0) is 0 Å². The van der Waals surface area contributed by atoms with E-state index in [0.29, 0.717) is 16.5 Å². The van der Waals surface area contributed by atoms with E-state index in [9.17, 15) is 5.11 Å². The highest BCUT2D eigenvalue weighted by Gasteiger charge is 2.28. The summed E-state index contributed by atoms with van der Waals surface area (Å²) >= 11 is 5.99. The molecule has 2 aromatic rings. The molecule has 0 amide bonds. The fraction of sp³-hybridized carbons (Fsp3) is 0.316. The van der Waals surface area contributed by atoms with Crippen LogP contribution in [0.2, 0.25) is 5.02 Å². The number of ether oxygens (including phenoxy) is 1. The first-order chi connectivity index (χ1) is 10.8. The highest BCUT2D eigenvalue weighted by atomic mass is 35.5. The van der Waals surface area contributed by atoms with Gasteiger partial charge < -0.3 is 9.84 Å². The van der Waals surface area contributed by atoms with E-state index in [0.717, 1.165) is 11.1 Å². The molecule has 0 aliphatic rings. The van der Waals surface area contributed by atoms with Crippen molar-refractivity contribution in [3.05, 3.63) is 64.6 Å². The first kappa shape index (κ1) is 17.5. The predicted octanol–water partition coefficient (Wildman–Crippen LogP) is 4.87. The normalized spacial score (nSPS) is 13.7. The van der Waals surface area contributed by atoms with E-state index in [1.54, 1.807) is 18.5 Å². The number of rotatable bonds is 4. The Morgan fingerprint density at radius 2 is 2.04 bits per heavy atom. The average Bonchev–Trinajstić information content (AvgIpc) is 2.48. The fourth-order valence-electron chi connectivity index (χ4n) is 2.07. The zero-order valence-corrected chi connectivity index (χ0v) is 14.6. The minimum Gasteiger partial charge on any atom is -0.459 e. The van der Waals surface area contributed by atoms with E-state index < -0.39 is 6.10 Å². The van der Waals surface area contributed by atoms with Crippen molar-refractivity contribution >= 4 is 17.7 Å². The molecule has 1 atom stereocenters. The summed E-state index contributed by atoms with van der Waals surface area (Å²) in [5, 5.41) is 11.3. The van der Waals surface area contributed by atoms with Crippen molar-refractivity contribution in [3.63, 3.8) is 0 Å². The summed E-state index contributed by atoms with van der Waals surface area (Å²) in [5.41, 5.74) is 1.43. The molecule has 0 radical (unpaired) electrons. The van der Waals surface area contributed by atoms with Gasteiger partial charge in [0.15, 0.2) is 0 Å². The maximum atomic E-state index is 10.7. The first-order valence-corrected chi connectivity index (χ1v) is 7.89. The van der Waals surface area contributed by atoms with Crippen molar-refractivity contribution in [2.45, 2.75) is 33.8 Å². The summed E-state index contributed by atoms with van der Waals surface area (Å²) in [5.74, 6) is 1.16. The van der Waals surface area contributed by atoms with Crippen molar-refractivity contribution in [1.82, 2.24) is 4.98 Å². The molecule has 4 heteroatoms. The molecule has 0 bridgehead atoms. The van der Waals surface area contributed by atoms with Gasteiger partial charge in [0.2, 0.25) is 0 Å². The van der Waals surface area contributed by atoms with Gasteiger partial charge in [-0.15, -0.1) is 0 Å². The number of halogens is 1. The number of hydrogen-bond acceptors (Lipinski definition) is 3. The number of aryl methyl sites for hydroxylation is 1. The highest BCUT2D eigenvalue weighted by molar-refractivity contribution is 6.30.